The summed E-state index contributed by atoms with van der Waals surface area (Å²) in [6.45, 7) is 15.7. The first kappa shape index (κ1) is 21.2. The lowest BCUT2D eigenvalue weighted by Crippen LogP contribution is -2.53. The Morgan fingerprint density at radius 3 is 2.21 bits per heavy atom. The molecular weight excluding hydrogens is 362 g/mol. The second-order valence-corrected chi connectivity index (χ2v) is 8.34. The molecule has 6 nitrogen and oxygen atoms in total. The average Bonchev–Trinajstić information content (AvgIpc) is 2.69. The summed E-state index contributed by atoms with van der Waals surface area (Å²) in [6.07, 6.45) is 0. The fourth-order valence-electron chi connectivity index (χ4n) is 3.74. The van der Waals surface area contributed by atoms with E-state index in [2.05, 4.69) is 40.0 Å². The SMILES string of the molecule is Cc1cc(N2CCN(C(C)C(=O)Nc3c(C)cccc3C)CC2)nc(C(C)C)n1. The highest BCUT2D eigenvalue weighted by Crippen LogP contribution is 2.22. The van der Waals surface area contributed by atoms with Crippen LogP contribution in [0.1, 0.15) is 49.3 Å². The van der Waals surface area contributed by atoms with Crippen LogP contribution in [-0.4, -0.2) is 53.0 Å². The number of carbonyl (C=O) groups is 1. The first-order chi connectivity index (χ1) is 13.8. The van der Waals surface area contributed by atoms with E-state index < -0.39 is 0 Å². The Labute approximate surface area is 174 Å². The molecule has 1 aliphatic heterocycles. The number of para-hydroxylation sites is 1. The molecule has 1 aromatic heterocycles. The van der Waals surface area contributed by atoms with Crippen LogP contribution in [0.5, 0.6) is 0 Å². The van der Waals surface area contributed by atoms with Crippen molar-refractivity contribution in [1.29, 1.82) is 0 Å². The molecule has 1 atom stereocenters. The Kier molecular flexibility index (Phi) is 6.52. The maximum absolute atomic E-state index is 12.8. The molecule has 2 aromatic rings. The van der Waals surface area contributed by atoms with Gasteiger partial charge in [-0.2, -0.15) is 0 Å². The second-order valence-electron chi connectivity index (χ2n) is 8.34. The number of amides is 1. The largest absolute Gasteiger partial charge is 0.354 e. The van der Waals surface area contributed by atoms with E-state index in [4.69, 9.17) is 4.98 Å². The van der Waals surface area contributed by atoms with Crippen LogP contribution < -0.4 is 10.2 Å². The molecule has 0 saturated carbocycles. The Morgan fingerprint density at radius 1 is 1.00 bits per heavy atom. The third-order valence-corrected chi connectivity index (χ3v) is 5.67. The molecule has 2 heterocycles. The number of hydrogen-bond acceptors (Lipinski definition) is 5. The molecule has 1 aromatic carbocycles. The number of benzene rings is 1. The van der Waals surface area contributed by atoms with Gasteiger partial charge in [0.05, 0.1) is 6.04 Å². The third kappa shape index (κ3) is 4.93. The molecular formula is C23H33N5O. The zero-order chi connectivity index (χ0) is 21.1. The Bertz CT molecular complexity index is 851. The molecule has 1 fully saturated rings. The van der Waals surface area contributed by atoms with Gasteiger partial charge in [0.25, 0.3) is 0 Å². The fraction of sp³-hybridized carbons (Fsp3) is 0.522. The van der Waals surface area contributed by atoms with E-state index in [1.807, 2.05) is 45.9 Å². The number of hydrogen-bond donors (Lipinski definition) is 1. The van der Waals surface area contributed by atoms with Crippen LogP contribution in [0.3, 0.4) is 0 Å². The Morgan fingerprint density at radius 2 is 1.62 bits per heavy atom. The molecule has 0 spiro atoms. The molecule has 6 heteroatoms. The van der Waals surface area contributed by atoms with Crippen molar-refractivity contribution in [3.8, 4) is 0 Å². The van der Waals surface area contributed by atoms with Crippen LogP contribution >= 0.6 is 0 Å². The minimum atomic E-state index is -0.172. The van der Waals surface area contributed by atoms with Gasteiger partial charge >= 0.3 is 0 Å². The number of piperazine rings is 1. The van der Waals surface area contributed by atoms with Crippen LogP contribution in [0.4, 0.5) is 11.5 Å². The van der Waals surface area contributed by atoms with E-state index in [0.717, 1.165) is 60.3 Å². The molecule has 1 unspecified atom stereocenters. The number of rotatable bonds is 5. The van der Waals surface area contributed by atoms with Crippen LogP contribution in [0, 0.1) is 20.8 Å². The summed E-state index contributed by atoms with van der Waals surface area (Å²) in [4.78, 5) is 26.7. The lowest BCUT2D eigenvalue weighted by atomic mass is 10.1. The highest BCUT2D eigenvalue weighted by molar-refractivity contribution is 5.95. The molecule has 0 radical (unpaired) electrons. The van der Waals surface area contributed by atoms with E-state index in [0.29, 0.717) is 5.92 Å². The van der Waals surface area contributed by atoms with Crippen molar-refractivity contribution in [3.63, 3.8) is 0 Å². The average molecular weight is 396 g/mol. The van der Waals surface area contributed by atoms with Crippen molar-refractivity contribution in [1.82, 2.24) is 14.9 Å². The molecule has 1 saturated heterocycles. The molecule has 3 rings (SSSR count). The van der Waals surface area contributed by atoms with Gasteiger partial charge in [0.15, 0.2) is 0 Å². The van der Waals surface area contributed by atoms with Crippen LogP contribution in [0.25, 0.3) is 0 Å². The number of nitrogens with zero attached hydrogens (tertiary/aromatic N) is 4. The van der Waals surface area contributed by atoms with Crippen molar-refractivity contribution in [2.45, 2.75) is 53.5 Å². The number of anilines is 2. The smallest absolute Gasteiger partial charge is 0.241 e. The Hall–Kier alpha value is -2.47. The van der Waals surface area contributed by atoms with Gasteiger partial charge in [-0.25, -0.2) is 9.97 Å². The standard InChI is InChI=1S/C23H33N5O/c1-15(2)22-24-18(5)14-20(25-22)28-12-10-27(11-13-28)19(6)23(29)26-21-16(3)8-7-9-17(21)4/h7-9,14-15,19H,10-13H2,1-6H3,(H,26,29). The molecule has 1 N–H and O–H groups in total. The lowest BCUT2D eigenvalue weighted by molar-refractivity contribution is -0.120. The maximum atomic E-state index is 12.8. The van der Waals surface area contributed by atoms with Gasteiger partial charge < -0.3 is 10.2 Å². The van der Waals surface area contributed by atoms with Crippen molar-refractivity contribution in [2.24, 2.45) is 0 Å². The van der Waals surface area contributed by atoms with E-state index in [9.17, 15) is 4.79 Å². The number of aromatic nitrogens is 2. The maximum Gasteiger partial charge on any atom is 0.241 e. The summed E-state index contributed by atoms with van der Waals surface area (Å²) in [5.74, 6) is 2.25. The van der Waals surface area contributed by atoms with Crippen molar-refractivity contribution in [3.05, 3.63) is 46.9 Å². The monoisotopic (exact) mass is 395 g/mol. The van der Waals surface area contributed by atoms with Gasteiger partial charge in [-0.3, -0.25) is 9.69 Å². The molecule has 1 aliphatic rings. The summed E-state index contributed by atoms with van der Waals surface area (Å²) in [7, 11) is 0. The fourth-order valence-corrected chi connectivity index (χ4v) is 3.74. The van der Waals surface area contributed by atoms with Gasteiger partial charge in [-0.05, 0) is 38.8 Å². The highest BCUT2D eigenvalue weighted by Gasteiger charge is 2.27. The van der Waals surface area contributed by atoms with Gasteiger partial charge in [-0.1, -0.05) is 32.0 Å². The zero-order valence-corrected chi connectivity index (χ0v) is 18.5. The second kappa shape index (κ2) is 8.91. The quantitative estimate of drug-likeness (QED) is 0.837. The molecule has 1 amide bonds. The van der Waals surface area contributed by atoms with Crippen molar-refractivity contribution in [2.75, 3.05) is 36.4 Å². The number of aryl methyl sites for hydroxylation is 3. The van der Waals surface area contributed by atoms with E-state index >= 15 is 0 Å². The first-order valence-corrected chi connectivity index (χ1v) is 10.5. The molecule has 156 valence electrons. The minimum absolute atomic E-state index is 0.0517. The number of nitrogens with one attached hydrogen (secondary N) is 1. The van der Waals surface area contributed by atoms with E-state index in [1.165, 1.54) is 0 Å². The normalized spacial score (nSPS) is 16.2. The minimum Gasteiger partial charge on any atom is -0.354 e. The van der Waals surface area contributed by atoms with Crippen molar-refractivity contribution >= 4 is 17.4 Å². The topological polar surface area (TPSA) is 61.4 Å². The van der Waals surface area contributed by atoms with Crippen LogP contribution in [0.2, 0.25) is 0 Å². The van der Waals surface area contributed by atoms with E-state index in [1.54, 1.807) is 0 Å². The lowest BCUT2D eigenvalue weighted by Gasteiger charge is -2.38. The highest BCUT2D eigenvalue weighted by atomic mass is 16.2. The van der Waals surface area contributed by atoms with Crippen LogP contribution in [-0.2, 0) is 4.79 Å². The summed E-state index contributed by atoms with van der Waals surface area (Å²) in [5, 5.41) is 3.13. The summed E-state index contributed by atoms with van der Waals surface area (Å²) >= 11 is 0. The Balaban J connectivity index is 1.62. The van der Waals surface area contributed by atoms with Gasteiger partial charge in [0.1, 0.15) is 11.6 Å². The van der Waals surface area contributed by atoms with Gasteiger partial charge in [0.2, 0.25) is 5.91 Å². The van der Waals surface area contributed by atoms with Gasteiger partial charge in [-0.15, -0.1) is 0 Å². The molecule has 0 bridgehead atoms. The third-order valence-electron chi connectivity index (χ3n) is 5.67. The van der Waals surface area contributed by atoms with Gasteiger partial charge in [0, 0.05) is 49.5 Å². The van der Waals surface area contributed by atoms with Crippen molar-refractivity contribution < 1.29 is 4.79 Å². The predicted molar refractivity (Wildman–Crippen MR) is 119 cm³/mol. The molecule has 0 aliphatic carbocycles. The molecule has 29 heavy (non-hydrogen) atoms. The first-order valence-electron chi connectivity index (χ1n) is 10.5. The van der Waals surface area contributed by atoms with Crippen LogP contribution in [0.15, 0.2) is 24.3 Å². The summed E-state index contributed by atoms with van der Waals surface area (Å²) < 4.78 is 0. The number of carbonyl (C=O) groups excluding carboxylic acids is 1. The van der Waals surface area contributed by atoms with E-state index in [-0.39, 0.29) is 11.9 Å². The predicted octanol–water partition coefficient (Wildman–Crippen LogP) is 3.67. The summed E-state index contributed by atoms with van der Waals surface area (Å²) in [6, 6.07) is 7.96. The zero-order valence-electron chi connectivity index (χ0n) is 18.5. The summed E-state index contributed by atoms with van der Waals surface area (Å²) in [5.41, 5.74) is 4.12.